The highest BCUT2D eigenvalue weighted by molar-refractivity contribution is 7.45. The Kier molecular flexibility index (Phi) is 26.7. The molecule has 0 amide bonds. The number of hydrogen-bond acceptors (Lipinski definition) is 8. The molecule has 0 heterocycles. The smallest absolute Gasteiger partial charge is 0.306 e. The van der Waals surface area contributed by atoms with Crippen molar-refractivity contribution in [2.24, 2.45) is 0 Å². The molecule has 1 unspecified atom stereocenters. The van der Waals surface area contributed by atoms with Crippen LogP contribution in [-0.4, -0.2) is 70.0 Å². The minimum absolute atomic E-state index is 0.0267. The Balaban J connectivity index is 4.46. The number of phosphoric acid groups is 1. The first-order valence-corrected chi connectivity index (χ1v) is 18.7. The molecule has 0 aromatic rings. The highest BCUT2D eigenvalue weighted by Crippen LogP contribution is 2.38. The Bertz CT molecular complexity index is 728. The van der Waals surface area contributed by atoms with Crippen LogP contribution in [-0.2, 0) is 32.7 Å². The molecule has 0 aromatic heterocycles. The summed E-state index contributed by atoms with van der Waals surface area (Å²) in [5, 5.41) is 0. The van der Waals surface area contributed by atoms with E-state index in [4.69, 9.17) is 18.5 Å². The fourth-order valence-electron chi connectivity index (χ4n) is 4.59. The average Bonchev–Trinajstić information content (AvgIpc) is 2.93. The molecule has 0 aliphatic rings. The number of esters is 2. The highest BCUT2D eigenvalue weighted by Gasteiger charge is 2.21. The molecule has 43 heavy (non-hydrogen) atoms. The lowest BCUT2D eigenvalue weighted by Gasteiger charge is -2.28. The van der Waals surface area contributed by atoms with E-state index in [2.05, 4.69) is 13.8 Å². The van der Waals surface area contributed by atoms with Crippen LogP contribution in [0.3, 0.4) is 0 Å². The van der Waals surface area contributed by atoms with Crippen molar-refractivity contribution in [1.82, 2.24) is 0 Å². The number of quaternary nitrogens is 1. The summed E-state index contributed by atoms with van der Waals surface area (Å²) in [4.78, 5) is 37.0. The molecule has 0 rings (SSSR count). The molecule has 256 valence electrons. The third kappa shape index (κ3) is 30.8. The Morgan fingerprint density at radius 2 is 1.05 bits per heavy atom. The van der Waals surface area contributed by atoms with Crippen molar-refractivity contribution < 1.29 is 42.1 Å². The van der Waals surface area contributed by atoms with E-state index in [1.165, 1.54) is 83.5 Å². The van der Waals surface area contributed by atoms with Crippen molar-refractivity contribution in [1.29, 1.82) is 0 Å². The summed E-state index contributed by atoms with van der Waals surface area (Å²) in [5.74, 6) is -0.837. The number of rotatable bonds is 31. The van der Waals surface area contributed by atoms with Crippen LogP contribution in [0.15, 0.2) is 0 Å². The van der Waals surface area contributed by atoms with E-state index in [1.807, 2.05) is 21.1 Å². The van der Waals surface area contributed by atoms with Crippen LogP contribution in [0.2, 0.25) is 0 Å². The molecule has 9 nitrogen and oxygen atoms in total. The number of likely N-dealkylation sites (N-methyl/N-ethyl adjacent to an activating group) is 1. The van der Waals surface area contributed by atoms with Gasteiger partial charge in [0.15, 0.2) is 6.10 Å². The van der Waals surface area contributed by atoms with Gasteiger partial charge in [-0.1, -0.05) is 123 Å². The molecule has 0 spiro atoms. The molecule has 0 saturated heterocycles. The molecule has 0 bridgehead atoms. The molecular formula is C33H66NO8P. The van der Waals surface area contributed by atoms with E-state index in [1.54, 1.807) is 0 Å². The van der Waals surface area contributed by atoms with Crippen LogP contribution in [0.25, 0.3) is 0 Å². The van der Waals surface area contributed by atoms with Gasteiger partial charge in [0, 0.05) is 12.8 Å². The molecule has 0 fully saturated rings. The maximum Gasteiger partial charge on any atom is 0.306 e. The number of ether oxygens (including phenoxy) is 2. The lowest BCUT2D eigenvalue weighted by Crippen LogP contribution is -2.37. The van der Waals surface area contributed by atoms with Crippen molar-refractivity contribution in [2.75, 3.05) is 47.5 Å². The fraction of sp³-hybridized carbons (Fsp3) is 0.939. The van der Waals surface area contributed by atoms with Gasteiger partial charge >= 0.3 is 11.9 Å². The Labute approximate surface area is 264 Å². The van der Waals surface area contributed by atoms with E-state index >= 15 is 0 Å². The quantitative estimate of drug-likeness (QED) is 0.0327. The summed E-state index contributed by atoms with van der Waals surface area (Å²) in [6, 6.07) is 0. The summed E-state index contributed by atoms with van der Waals surface area (Å²) >= 11 is 0. The summed E-state index contributed by atoms with van der Waals surface area (Å²) in [6.45, 7) is 4.16. The maximum atomic E-state index is 12.5. The Morgan fingerprint density at radius 3 is 1.49 bits per heavy atom. The molecule has 2 atom stereocenters. The van der Waals surface area contributed by atoms with Crippen molar-refractivity contribution in [3.8, 4) is 0 Å². The predicted octanol–water partition coefficient (Wildman–Crippen LogP) is 7.88. The summed E-state index contributed by atoms with van der Waals surface area (Å²) < 4.78 is 33.5. The number of unbranched alkanes of at least 4 members (excludes halogenated alkanes) is 17. The third-order valence-electron chi connectivity index (χ3n) is 7.38. The summed E-state index contributed by atoms with van der Waals surface area (Å²) in [7, 11) is 1.17. The van der Waals surface area contributed by atoms with E-state index in [-0.39, 0.29) is 32.0 Å². The van der Waals surface area contributed by atoms with Gasteiger partial charge < -0.3 is 27.9 Å². The Morgan fingerprint density at radius 1 is 0.628 bits per heavy atom. The number of hydrogen-bond donors (Lipinski definition) is 0. The second kappa shape index (κ2) is 27.3. The van der Waals surface area contributed by atoms with Crippen LogP contribution in [0.5, 0.6) is 0 Å². The normalized spacial score (nSPS) is 13.9. The van der Waals surface area contributed by atoms with E-state index < -0.39 is 26.5 Å². The molecule has 0 aliphatic heterocycles. The second-order valence-corrected chi connectivity index (χ2v) is 14.3. The maximum absolute atomic E-state index is 12.5. The van der Waals surface area contributed by atoms with E-state index in [0.717, 1.165) is 32.1 Å². The number of carbonyl (C=O) groups is 2. The predicted molar refractivity (Wildman–Crippen MR) is 172 cm³/mol. The lowest BCUT2D eigenvalue weighted by atomic mass is 10.0. The van der Waals surface area contributed by atoms with Crippen molar-refractivity contribution in [2.45, 2.75) is 155 Å². The zero-order chi connectivity index (χ0) is 32.2. The molecule has 0 radical (unpaired) electrons. The molecule has 0 aliphatic carbocycles. The average molecular weight is 636 g/mol. The zero-order valence-electron chi connectivity index (χ0n) is 28.4. The van der Waals surface area contributed by atoms with Gasteiger partial charge in [-0.05, 0) is 12.8 Å². The first kappa shape index (κ1) is 42.0. The first-order valence-electron chi connectivity index (χ1n) is 17.2. The van der Waals surface area contributed by atoms with Gasteiger partial charge in [-0.2, -0.15) is 0 Å². The van der Waals surface area contributed by atoms with Gasteiger partial charge in [0.1, 0.15) is 19.8 Å². The second-order valence-electron chi connectivity index (χ2n) is 12.9. The molecule has 0 N–H and O–H groups in total. The van der Waals surface area contributed by atoms with Crippen LogP contribution < -0.4 is 4.89 Å². The van der Waals surface area contributed by atoms with Gasteiger partial charge in [-0.3, -0.25) is 14.2 Å². The van der Waals surface area contributed by atoms with Gasteiger partial charge in [0.25, 0.3) is 7.82 Å². The summed E-state index contributed by atoms with van der Waals surface area (Å²) in [5.41, 5.74) is 0. The van der Waals surface area contributed by atoms with Crippen LogP contribution >= 0.6 is 7.82 Å². The minimum atomic E-state index is -4.60. The van der Waals surface area contributed by atoms with Gasteiger partial charge in [0.2, 0.25) is 0 Å². The van der Waals surface area contributed by atoms with Gasteiger partial charge in [-0.15, -0.1) is 0 Å². The van der Waals surface area contributed by atoms with Gasteiger partial charge in [-0.25, -0.2) is 0 Å². The van der Waals surface area contributed by atoms with Crippen LogP contribution in [0.1, 0.15) is 149 Å². The zero-order valence-corrected chi connectivity index (χ0v) is 29.3. The lowest BCUT2D eigenvalue weighted by molar-refractivity contribution is -0.870. The van der Waals surface area contributed by atoms with E-state index in [9.17, 15) is 19.0 Å². The topological polar surface area (TPSA) is 111 Å². The molecule has 10 heteroatoms. The number of nitrogens with zero attached hydrogens (tertiary/aromatic N) is 1. The first-order chi connectivity index (χ1) is 20.5. The number of phosphoric ester groups is 1. The number of carbonyl (C=O) groups excluding carboxylic acids is 2. The highest BCUT2D eigenvalue weighted by atomic mass is 31.2. The van der Waals surface area contributed by atoms with Gasteiger partial charge in [0.05, 0.1) is 27.7 Å². The molecule has 0 aromatic carbocycles. The molecule has 0 saturated carbocycles. The van der Waals surface area contributed by atoms with Crippen molar-refractivity contribution in [3.05, 3.63) is 0 Å². The third-order valence-corrected chi connectivity index (χ3v) is 8.34. The largest absolute Gasteiger partial charge is 0.756 e. The van der Waals surface area contributed by atoms with Crippen molar-refractivity contribution >= 4 is 19.8 Å². The fourth-order valence-corrected chi connectivity index (χ4v) is 5.32. The van der Waals surface area contributed by atoms with Crippen LogP contribution in [0.4, 0.5) is 0 Å². The SMILES string of the molecule is CCCCCCCCCCCCCCC(=O)O[C@H](COC(=O)CCCCCCCCC)COP(=O)([O-])OCC[N+](C)(C)C. The standard InChI is InChI=1S/C33H66NO8P/c1-6-8-10-12-14-15-16-17-18-20-22-24-26-33(36)42-31(30-41-43(37,38)40-28-27-34(3,4)5)29-39-32(35)25-23-21-19-13-11-9-7-2/h31H,6-30H2,1-5H3/t31-/m1/s1. The molecular weight excluding hydrogens is 569 g/mol. The summed E-state index contributed by atoms with van der Waals surface area (Å²) in [6.07, 6.45) is 21.4. The minimum Gasteiger partial charge on any atom is -0.756 e. The van der Waals surface area contributed by atoms with Crippen molar-refractivity contribution in [3.63, 3.8) is 0 Å². The monoisotopic (exact) mass is 635 g/mol. The van der Waals surface area contributed by atoms with Crippen LogP contribution in [0, 0.1) is 0 Å². The Hall–Kier alpha value is -0.990. The van der Waals surface area contributed by atoms with E-state index in [0.29, 0.717) is 17.4 Å².